The van der Waals surface area contributed by atoms with Crippen molar-refractivity contribution in [1.82, 2.24) is 0 Å². The van der Waals surface area contributed by atoms with Gasteiger partial charge in [-0.3, -0.25) is 0 Å². The fourth-order valence-corrected chi connectivity index (χ4v) is 0.684. The average molecular weight is 232 g/mol. The zero-order valence-corrected chi connectivity index (χ0v) is 9.20. The Hall–Kier alpha value is -1.49. The Morgan fingerprint density at radius 1 is 1.25 bits per heavy atom. The molecule has 0 aromatic heterocycles. The second-order valence-corrected chi connectivity index (χ2v) is 2.63. The lowest BCUT2D eigenvalue weighted by atomic mass is 10.3. The van der Waals surface area contributed by atoms with Crippen molar-refractivity contribution in [3.8, 4) is 0 Å². The maximum absolute atomic E-state index is 11.9. The van der Waals surface area contributed by atoms with E-state index in [2.05, 4.69) is 4.74 Å². The number of methoxy groups -OCH3 is 1. The van der Waals surface area contributed by atoms with E-state index in [1.807, 2.05) is 6.92 Å². The SMILES string of the molecule is CCOCC(=O)OC.Fc1ccccc1F. The van der Waals surface area contributed by atoms with E-state index >= 15 is 0 Å². The van der Waals surface area contributed by atoms with Gasteiger partial charge in [0.05, 0.1) is 7.11 Å². The normalized spacial score (nSPS) is 9.00. The molecule has 1 aromatic rings. The molecule has 90 valence electrons. The largest absolute Gasteiger partial charge is 0.467 e. The summed E-state index contributed by atoms with van der Waals surface area (Å²) >= 11 is 0. The predicted octanol–water partition coefficient (Wildman–Crippen LogP) is 2.16. The van der Waals surface area contributed by atoms with Gasteiger partial charge in [-0.2, -0.15) is 0 Å². The van der Waals surface area contributed by atoms with Crippen molar-refractivity contribution in [3.63, 3.8) is 0 Å². The van der Waals surface area contributed by atoms with E-state index in [-0.39, 0.29) is 12.6 Å². The summed E-state index contributed by atoms with van der Waals surface area (Å²) in [6.07, 6.45) is 0. The van der Waals surface area contributed by atoms with Gasteiger partial charge in [-0.05, 0) is 19.1 Å². The Kier molecular flexibility index (Phi) is 7.97. The number of benzene rings is 1. The fourth-order valence-electron chi connectivity index (χ4n) is 0.684. The molecule has 0 radical (unpaired) electrons. The Bertz CT molecular complexity index is 295. The average Bonchev–Trinajstić information content (AvgIpc) is 2.30. The minimum Gasteiger partial charge on any atom is -0.467 e. The van der Waals surface area contributed by atoms with Crippen LogP contribution >= 0.6 is 0 Å². The van der Waals surface area contributed by atoms with Crippen LogP contribution in [0.1, 0.15) is 6.92 Å². The van der Waals surface area contributed by atoms with Crippen LogP contribution in [0, 0.1) is 11.6 Å². The maximum Gasteiger partial charge on any atom is 0.331 e. The molecular weight excluding hydrogens is 218 g/mol. The van der Waals surface area contributed by atoms with Gasteiger partial charge in [-0.25, -0.2) is 13.6 Å². The van der Waals surface area contributed by atoms with Gasteiger partial charge in [0.2, 0.25) is 0 Å². The highest BCUT2D eigenvalue weighted by atomic mass is 19.2. The molecule has 1 aromatic carbocycles. The predicted molar refractivity (Wildman–Crippen MR) is 54.9 cm³/mol. The Balaban J connectivity index is 0.000000281. The summed E-state index contributed by atoms with van der Waals surface area (Å²) in [7, 11) is 1.33. The highest BCUT2D eigenvalue weighted by molar-refractivity contribution is 5.70. The molecule has 0 N–H and O–H groups in total. The summed E-state index contributed by atoms with van der Waals surface area (Å²) in [4.78, 5) is 10.2. The van der Waals surface area contributed by atoms with Gasteiger partial charge in [0.25, 0.3) is 0 Å². The monoisotopic (exact) mass is 232 g/mol. The molecule has 0 atom stereocenters. The van der Waals surface area contributed by atoms with Crippen molar-refractivity contribution in [2.75, 3.05) is 20.3 Å². The standard InChI is InChI=1S/C6H4F2.C5H10O3/c7-5-3-1-2-4-6(5)8;1-3-8-4-5(6)7-2/h1-4H;3-4H2,1-2H3. The number of hydrogen-bond acceptors (Lipinski definition) is 3. The first kappa shape index (κ1) is 14.5. The first-order valence-electron chi connectivity index (χ1n) is 4.66. The van der Waals surface area contributed by atoms with Gasteiger partial charge >= 0.3 is 5.97 Å². The molecule has 0 spiro atoms. The summed E-state index contributed by atoms with van der Waals surface area (Å²) in [5, 5.41) is 0. The molecule has 0 fully saturated rings. The zero-order chi connectivity index (χ0) is 12.4. The van der Waals surface area contributed by atoms with Gasteiger partial charge in [0, 0.05) is 6.61 Å². The van der Waals surface area contributed by atoms with Crippen molar-refractivity contribution in [1.29, 1.82) is 0 Å². The first-order chi connectivity index (χ1) is 7.61. The van der Waals surface area contributed by atoms with Gasteiger partial charge in [-0.15, -0.1) is 0 Å². The van der Waals surface area contributed by atoms with Gasteiger partial charge < -0.3 is 9.47 Å². The number of carbonyl (C=O) groups is 1. The topological polar surface area (TPSA) is 35.5 Å². The highest BCUT2D eigenvalue weighted by Crippen LogP contribution is 2.01. The van der Waals surface area contributed by atoms with Gasteiger partial charge in [0.15, 0.2) is 11.6 Å². The van der Waals surface area contributed by atoms with Gasteiger partial charge in [0.1, 0.15) is 6.61 Å². The van der Waals surface area contributed by atoms with Crippen molar-refractivity contribution >= 4 is 5.97 Å². The molecule has 0 aliphatic carbocycles. The highest BCUT2D eigenvalue weighted by Gasteiger charge is 1.95. The van der Waals surface area contributed by atoms with Crippen molar-refractivity contribution < 1.29 is 23.0 Å². The molecule has 1 rings (SSSR count). The van der Waals surface area contributed by atoms with E-state index < -0.39 is 11.6 Å². The molecule has 0 aliphatic rings. The van der Waals surface area contributed by atoms with Crippen LogP contribution in [-0.2, 0) is 14.3 Å². The van der Waals surface area contributed by atoms with Crippen LogP contribution in [0.25, 0.3) is 0 Å². The quantitative estimate of drug-likeness (QED) is 0.749. The van der Waals surface area contributed by atoms with E-state index in [9.17, 15) is 13.6 Å². The van der Waals surface area contributed by atoms with E-state index in [0.717, 1.165) is 12.1 Å². The third kappa shape index (κ3) is 6.89. The third-order valence-corrected chi connectivity index (χ3v) is 1.48. The summed E-state index contributed by atoms with van der Waals surface area (Å²) in [5.74, 6) is -1.92. The second kappa shape index (κ2) is 8.79. The van der Waals surface area contributed by atoms with E-state index in [0.29, 0.717) is 6.61 Å². The Morgan fingerprint density at radius 2 is 1.75 bits per heavy atom. The first-order valence-corrected chi connectivity index (χ1v) is 4.66. The lowest BCUT2D eigenvalue weighted by molar-refractivity contribution is -0.145. The van der Waals surface area contributed by atoms with Crippen LogP contribution in [0.4, 0.5) is 8.78 Å². The van der Waals surface area contributed by atoms with Crippen LogP contribution in [0.15, 0.2) is 24.3 Å². The van der Waals surface area contributed by atoms with Crippen LogP contribution in [0.5, 0.6) is 0 Å². The number of rotatable bonds is 3. The molecule has 0 saturated heterocycles. The molecule has 0 saturated carbocycles. The molecular formula is C11H14F2O3. The summed E-state index contributed by atoms with van der Waals surface area (Å²) < 4.78 is 32.9. The molecule has 5 heteroatoms. The summed E-state index contributed by atoms with van der Waals surface area (Å²) in [6, 6.07) is 5.04. The van der Waals surface area contributed by atoms with E-state index in [4.69, 9.17) is 4.74 Å². The summed E-state index contributed by atoms with van der Waals surface area (Å²) in [5.41, 5.74) is 0. The lowest BCUT2D eigenvalue weighted by Gasteiger charge is -1.96. The molecule has 0 aliphatic heterocycles. The van der Waals surface area contributed by atoms with Crippen molar-refractivity contribution in [2.24, 2.45) is 0 Å². The molecule has 0 bridgehead atoms. The lowest BCUT2D eigenvalue weighted by Crippen LogP contribution is -2.09. The fraction of sp³-hybridized carbons (Fsp3) is 0.364. The Labute approximate surface area is 93.0 Å². The van der Waals surface area contributed by atoms with Crippen LogP contribution < -0.4 is 0 Å². The second-order valence-electron chi connectivity index (χ2n) is 2.63. The zero-order valence-electron chi connectivity index (χ0n) is 9.20. The number of esters is 1. The molecule has 0 heterocycles. The molecule has 3 nitrogen and oxygen atoms in total. The van der Waals surface area contributed by atoms with E-state index in [1.165, 1.54) is 19.2 Å². The Morgan fingerprint density at radius 3 is 2.06 bits per heavy atom. The third-order valence-electron chi connectivity index (χ3n) is 1.48. The minimum absolute atomic E-state index is 0.0625. The number of carbonyl (C=O) groups excluding carboxylic acids is 1. The molecule has 16 heavy (non-hydrogen) atoms. The number of ether oxygens (including phenoxy) is 2. The minimum atomic E-state index is -0.799. The number of halogens is 2. The number of hydrogen-bond donors (Lipinski definition) is 0. The van der Waals surface area contributed by atoms with Crippen LogP contribution in [-0.4, -0.2) is 26.3 Å². The molecule has 0 amide bonds. The van der Waals surface area contributed by atoms with Crippen molar-refractivity contribution in [3.05, 3.63) is 35.9 Å². The van der Waals surface area contributed by atoms with Crippen molar-refractivity contribution in [2.45, 2.75) is 6.92 Å². The summed E-state index contributed by atoms with van der Waals surface area (Å²) in [6.45, 7) is 2.44. The van der Waals surface area contributed by atoms with E-state index in [1.54, 1.807) is 0 Å². The maximum atomic E-state index is 11.9. The molecule has 0 unspecified atom stereocenters. The van der Waals surface area contributed by atoms with Crippen LogP contribution in [0.3, 0.4) is 0 Å². The van der Waals surface area contributed by atoms with Gasteiger partial charge in [-0.1, -0.05) is 12.1 Å². The smallest absolute Gasteiger partial charge is 0.331 e. The van der Waals surface area contributed by atoms with Crippen LogP contribution in [0.2, 0.25) is 0 Å².